The fourth-order valence-corrected chi connectivity index (χ4v) is 3.47. The standard InChI is InChI=1S/C22H27ClN2O2/c1-16-4-3-5-21(14-16)27-17(2)22(26)24-20-10-12-25(13-11-20)15-18-6-8-19(23)9-7-18/h3-9,14,17,20H,10-13,15H2,1-2H3,(H,24,26). The Labute approximate surface area is 166 Å². The number of hydrogen-bond acceptors (Lipinski definition) is 3. The molecule has 1 fully saturated rings. The lowest BCUT2D eigenvalue weighted by Crippen LogP contribution is -2.47. The number of carbonyl (C=O) groups excluding carboxylic acids is 1. The van der Waals surface area contributed by atoms with Crippen LogP contribution >= 0.6 is 11.6 Å². The number of amides is 1. The molecule has 0 spiro atoms. The summed E-state index contributed by atoms with van der Waals surface area (Å²) in [6.45, 7) is 6.68. The van der Waals surface area contributed by atoms with Gasteiger partial charge in [0, 0.05) is 30.7 Å². The van der Waals surface area contributed by atoms with Crippen molar-refractivity contribution in [1.82, 2.24) is 10.2 Å². The molecule has 1 saturated heterocycles. The summed E-state index contributed by atoms with van der Waals surface area (Å²) in [6, 6.07) is 16.0. The van der Waals surface area contributed by atoms with Crippen molar-refractivity contribution in [3.05, 3.63) is 64.7 Å². The molecule has 2 aromatic carbocycles. The molecule has 27 heavy (non-hydrogen) atoms. The zero-order valence-electron chi connectivity index (χ0n) is 16.0. The maximum atomic E-state index is 12.4. The van der Waals surface area contributed by atoms with Gasteiger partial charge in [-0.1, -0.05) is 35.9 Å². The van der Waals surface area contributed by atoms with E-state index in [4.69, 9.17) is 16.3 Å². The van der Waals surface area contributed by atoms with Gasteiger partial charge in [0.2, 0.25) is 0 Å². The van der Waals surface area contributed by atoms with Gasteiger partial charge in [0.1, 0.15) is 5.75 Å². The number of carbonyl (C=O) groups is 1. The summed E-state index contributed by atoms with van der Waals surface area (Å²) in [5, 5.41) is 3.90. The average molecular weight is 387 g/mol. The Balaban J connectivity index is 1.42. The molecule has 2 aromatic rings. The van der Waals surface area contributed by atoms with Crippen LogP contribution < -0.4 is 10.1 Å². The highest BCUT2D eigenvalue weighted by Gasteiger charge is 2.23. The van der Waals surface area contributed by atoms with Crippen LogP contribution in [0, 0.1) is 6.92 Å². The molecule has 1 aliphatic heterocycles. The lowest BCUT2D eigenvalue weighted by Gasteiger charge is -2.32. The van der Waals surface area contributed by atoms with Gasteiger partial charge in [0.15, 0.2) is 6.10 Å². The second-order valence-corrected chi connectivity index (χ2v) is 7.70. The number of aryl methyl sites for hydroxylation is 1. The molecule has 4 nitrogen and oxygen atoms in total. The number of rotatable bonds is 6. The zero-order chi connectivity index (χ0) is 19.2. The SMILES string of the molecule is Cc1cccc(OC(C)C(=O)NC2CCN(Cc3ccc(Cl)cc3)CC2)c1. The third-order valence-corrected chi connectivity index (χ3v) is 5.18. The number of benzene rings is 2. The first-order valence-electron chi connectivity index (χ1n) is 9.50. The molecule has 0 radical (unpaired) electrons. The van der Waals surface area contributed by atoms with Crippen LogP contribution in [0.2, 0.25) is 5.02 Å². The van der Waals surface area contributed by atoms with E-state index in [0.717, 1.165) is 48.8 Å². The fourth-order valence-electron chi connectivity index (χ4n) is 3.35. The minimum atomic E-state index is -0.501. The Hall–Kier alpha value is -2.04. The van der Waals surface area contributed by atoms with E-state index < -0.39 is 6.10 Å². The average Bonchev–Trinajstić information content (AvgIpc) is 2.65. The summed E-state index contributed by atoms with van der Waals surface area (Å²) in [6.07, 6.45) is 1.41. The monoisotopic (exact) mass is 386 g/mol. The van der Waals surface area contributed by atoms with E-state index in [1.165, 1.54) is 5.56 Å². The Morgan fingerprint density at radius 2 is 1.93 bits per heavy atom. The van der Waals surface area contributed by atoms with Crippen LogP contribution in [0.25, 0.3) is 0 Å². The van der Waals surface area contributed by atoms with Crippen molar-refractivity contribution in [2.45, 2.75) is 45.4 Å². The molecule has 1 unspecified atom stereocenters. The van der Waals surface area contributed by atoms with Crippen LogP contribution in [0.4, 0.5) is 0 Å². The molecule has 144 valence electrons. The van der Waals surface area contributed by atoms with Gasteiger partial charge in [-0.25, -0.2) is 0 Å². The molecule has 3 rings (SSSR count). The van der Waals surface area contributed by atoms with Gasteiger partial charge in [0.05, 0.1) is 0 Å². The Morgan fingerprint density at radius 1 is 1.22 bits per heavy atom. The molecule has 1 N–H and O–H groups in total. The van der Waals surface area contributed by atoms with Crippen molar-refractivity contribution in [2.24, 2.45) is 0 Å². The van der Waals surface area contributed by atoms with Gasteiger partial charge in [-0.2, -0.15) is 0 Å². The number of halogens is 1. The highest BCUT2D eigenvalue weighted by atomic mass is 35.5. The van der Waals surface area contributed by atoms with Crippen molar-refractivity contribution in [3.63, 3.8) is 0 Å². The summed E-state index contributed by atoms with van der Waals surface area (Å²) in [4.78, 5) is 14.9. The first-order chi connectivity index (χ1) is 13.0. The minimum Gasteiger partial charge on any atom is -0.481 e. The lowest BCUT2D eigenvalue weighted by molar-refractivity contribution is -0.128. The first kappa shape index (κ1) is 19.7. The molecular weight excluding hydrogens is 360 g/mol. The maximum Gasteiger partial charge on any atom is 0.260 e. The van der Waals surface area contributed by atoms with E-state index >= 15 is 0 Å². The second-order valence-electron chi connectivity index (χ2n) is 7.26. The van der Waals surface area contributed by atoms with Gasteiger partial charge in [-0.05, 0) is 62.1 Å². The van der Waals surface area contributed by atoms with E-state index in [1.807, 2.05) is 43.3 Å². The summed E-state index contributed by atoms with van der Waals surface area (Å²) in [7, 11) is 0. The molecule has 1 amide bonds. The third-order valence-electron chi connectivity index (χ3n) is 4.93. The molecular formula is C22H27ClN2O2. The van der Waals surface area contributed by atoms with Gasteiger partial charge in [-0.3, -0.25) is 9.69 Å². The van der Waals surface area contributed by atoms with Crippen LogP contribution in [0.5, 0.6) is 5.75 Å². The fraction of sp³-hybridized carbons (Fsp3) is 0.409. The topological polar surface area (TPSA) is 41.6 Å². The number of likely N-dealkylation sites (tertiary alicyclic amines) is 1. The molecule has 0 saturated carbocycles. The van der Waals surface area contributed by atoms with Crippen molar-refractivity contribution in [2.75, 3.05) is 13.1 Å². The largest absolute Gasteiger partial charge is 0.481 e. The summed E-state index contributed by atoms with van der Waals surface area (Å²) in [5.41, 5.74) is 2.38. The van der Waals surface area contributed by atoms with E-state index in [9.17, 15) is 4.79 Å². The predicted octanol–water partition coefficient (Wildman–Crippen LogP) is 4.20. The molecule has 0 aliphatic carbocycles. The zero-order valence-corrected chi connectivity index (χ0v) is 16.7. The predicted molar refractivity (Wildman–Crippen MR) is 109 cm³/mol. The quantitative estimate of drug-likeness (QED) is 0.809. The number of hydrogen-bond donors (Lipinski definition) is 1. The lowest BCUT2D eigenvalue weighted by atomic mass is 10.0. The van der Waals surface area contributed by atoms with Crippen molar-refractivity contribution < 1.29 is 9.53 Å². The first-order valence-corrected chi connectivity index (χ1v) is 9.88. The number of nitrogens with zero attached hydrogens (tertiary/aromatic N) is 1. The molecule has 1 aliphatic rings. The number of piperidine rings is 1. The van der Waals surface area contributed by atoms with Crippen molar-refractivity contribution in [3.8, 4) is 5.75 Å². The van der Waals surface area contributed by atoms with Gasteiger partial charge in [0.25, 0.3) is 5.91 Å². The number of ether oxygens (including phenoxy) is 1. The van der Waals surface area contributed by atoms with Crippen LogP contribution in [0.1, 0.15) is 30.9 Å². The Bertz CT molecular complexity index is 755. The van der Waals surface area contributed by atoms with E-state index in [0.29, 0.717) is 0 Å². The Morgan fingerprint density at radius 3 is 2.59 bits per heavy atom. The third kappa shape index (κ3) is 5.98. The normalized spacial score (nSPS) is 16.7. The van der Waals surface area contributed by atoms with Crippen LogP contribution in [0.15, 0.2) is 48.5 Å². The van der Waals surface area contributed by atoms with Crippen molar-refractivity contribution in [1.29, 1.82) is 0 Å². The highest BCUT2D eigenvalue weighted by Crippen LogP contribution is 2.17. The number of nitrogens with one attached hydrogen (secondary N) is 1. The van der Waals surface area contributed by atoms with Crippen LogP contribution in [0.3, 0.4) is 0 Å². The highest BCUT2D eigenvalue weighted by molar-refractivity contribution is 6.30. The molecule has 5 heteroatoms. The van der Waals surface area contributed by atoms with Crippen LogP contribution in [-0.4, -0.2) is 36.0 Å². The summed E-state index contributed by atoms with van der Waals surface area (Å²) in [5.74, 6) is 0.683. The van der Waals surface area contributed by atoms with E-state index in [-0.39, 0.29) is 11.9 Å². The smallest absolute Gasteiger partial charge is 0.260 e. The Kier molecular flexibility index (Phi) is 6.75. The molecule has 1 heterocycles. The van der Waals surface area contributed by atoms with Gasteiger partial charge in [-0.15, -0.1) is 0 Å². The minimum absolute atomic E-state index is 0.0485. The molecule has 1 atom stereocenters. The van der Waals surface area contributed by atoms with E-state index in [1.54, 1.807) is 6.92 Å². The van der Waals surface area contributed by atoms with E-state index in [2.05, 4.69) is 22.3 Å². The molecule has 0 aromatic heterocycles. The molecule has 0 bridgehead atoms. The summed E-state index contributed by atoms with van der Waals surface area (Å²) < 4.78 is 5.78. The van der Waals surface area contributed by atoms with Gasteiger partial charge >= 0.3 is 0 Å². The second kappa shape index (κ2) is 9.25. The van der Waals surface area contributed by atoms with Crippen LogP contribution in [-0.2, 0) is 11.3 Å². The summed E-state index contributed by atoms with van der Waals surface area (Å²) >= 11 is 5.94. The van der Waals surface area contributed by atoms with Gasteiger partial charge < -0.3 is 10.1 Å². The van der Waals surface area contributed by atoms with Crippen molar-refractivity contribution >= 4 is 17.5 Å². The maximum absolute atomic E-state index is 12.4.